The van der Waals surface area contributed by atoms with Crippen LogP contribution in [0.25, 0.3) is 11.3 Å². The lowest BCUT2D eigenvalue weighted by atomic mass is 10.2. The molecule has 0 bridgehead atoms. The Bertz CT molecular complexity index is 454. The van der Waals surface area contributed by atoms with Crippen molar-refractivity contribution in [1.29, 1.82) is 0 Å². The molecule has 86 valence electrons. The zero-order chi connectivity index (χ0) is 11.5. The third-order valence-corrected chi connectivity index (χ3v) is 2.94. The number of nitrogens with zero attached hydrogens (tertiary/aromatic N) is 2. The molecule has 2 aromatic rings. The van der Waals surface area contributed by atoms with Crippen LogP contribution in [0.4, 0.5) is 0 Å². The summed E-state index contributed by atoms with van der Waals surface area (Å²) in [5, 5.41) is 3.15. The Morgan fingerprint density at radius 1 is 1.50 bits per heavy atom. The Morgan fingerprint density at radius 2 is 2.31 bits per heavy atom. The molecule has 2 rings (SSSR count). The van der Waals surface area contributed by atoms with Crippen LogP contribution in [0, 0.1) is 6.92 Å². The standard InChI is InChI=1S/C12H18N4/c1-9-12(10-4-7-14-8-10)15-11(16(9)3)5-6-13-2/h4,7-8,13-14H,5-6H2,1-3H3. The quantitative estimate of drug-likeness (QED) is 0.816. The molecule has 0 aromatic carbocycles. The van der Waals surface area contributed by atoms with Gasteiger partial charge >= 0.3 is 0 Å². The van der Waals surface area contributed by atoms with Crippen LogP contribution in [0.15, 0.2) is 18.5 Å². The maximum atomic E-state index is 4.69. The predicted molar refractivity (Wildman–Crippen MR) is 65.4 cm³/mol. The average Bonchev–Trinajstić information content (AvgIpc) is 2.88. The van der Waals surface area contributed by atoms with E-state index in [0.29, 0.717) is 0 Å². The van der Waals surface area contributed by atoms with Crippen LogP contribution in [0.2, 0.25) is 0 Å². The first kappa shape index (κ1) is 11.0. The number of aromatic amines is 1. The minimum absolute atomic E-state index is 0.955. The Balaban J connectivity index is 2.34. The molecule has 0 fully saturated rings. The highest BCUT2D eigenvalue weighted by atomic mass is 15.1. The second kappa shape index (κ2) is 4.53. The highest BCUT2D eigenvalue weighted by Crippen LogP contribution is 2.22. The zero-order valence-electron chi connectivity index (χ0n) is 10.0. The monoisotopic (exact) mass is 218 g/mol. The van der Waals surface area contributed by atoms with Gasteiger partial charge in [0.05, 0.1) is 5.69 Å². The minimum Gasteiger partial charge on any atom is -0.367 e. The number of imidazole rings is 1. The highest BCUT2D eigenvalue weighted by Gasteiger charge is 2.12. The molecule has 4 nitrogen and oxygen atoms in total. The van der Waals surface area contributed by atoms with Crippen molar-refractivity contribution in [3.63, 3.8) is 0 Å². The van der Waals surface area contributed by atoms with Crippen LogP contribution in [0.3, 0.4) is 0 Å². The maximum absolute atomic E-state index is 4.69. The normalized spacial score (nSPS) is 10.9. The molecule has 0 aliphatic carbocycles. The van der Waals surface area contributed by atoms with Crippen LogP contribution in [0.5, 0.6) is 0 Å². The van der Waals surface area contributed by atoms with Crippen molar-refractivity contribution in [3.05, 3.63) is 30.0 Å². The van der Waals surface area contributed by atoms with Gasteiger partial charge in [0.15, 0.2) is 0 Å². The summed E-state index contributed by atoms with van der Waals surface area (Å²) in [5.41, 5.74) is 3.45. The molecule has 0 aliphatic rings. The Kier molecular flexibility index (Phi) is 3.10. The Morgan fingerprint density at radius 3 is 2.94 bits per heavy atom. The van der Waals surface area contributed by atoms with E-state index in [-0.39, 0.29) is 0 Å². The number of H-pyrrole nitrogens is 1. The van der Waals surface area contributed by atoms with Crippen molar-refractivity contribution in [3.8, 4) is 11.3 Å². The molecule has 2 heterocycles. The van der Waals surface area contributed by atoms with Gasteiger partial charge in [0.25, 0.3) is 0 Å². The molecule has 2 aromatic heterocycles. The van der Waals surface area contributed by atoms with Crippen molar-refractivity contribution in [2.24, 2.45) is 7.05 Å². The lowest BCUT2D eigenvalue weighted by molar-refractivity contribution is 0.710. The molecule has 0 aliphatic heterocycles. The van der Waals surface area contributed by atoms with E-state index in [1.807, 2.05) is 19.4 Å². The summed E-state index contributed by atoms with van der Waals surface area (Å²) < 4.78 is 2.17. The minimum atomic E-state index is 0.955. The van der Waals surface area contributed by atoms with Gasteiger partial charge in [-0.2, -0.15) is 0 Å². The SMILES string of the molecule is CNCCc1nc(-c2cc[nH]c2)c(C)n1C. The summed E-state index contributed by atoms with van der Waals surface area (Å²) in [6, 6.07) is 2.05. The molecule has 2 N–H and O–H groups in total. The van der Waals surface area contributed by atoms with Crippen LogP contribution in [-0.2, 0) is 13.5 Å². The third-order valence-electron chi connectivity index (χ3n) is 2.94. The van der Waals surface area contributed by atoms with Crippen LogP contribution in [-0.4, -0.2) is 28.1 Å². The molecule has 0 amide bonds. The summed E-state index contributed by atoms with van der Waals surface area (Å²) in [4.78, 5) is 7.76. The number of aromatic nitrogens is 3. The van der Waals surface area contributed by atoms with Crippen LogP contribution in [0.1, 0.15) is 11.5 Å². The first-order valence-electron chi connectivity index (χ1n) is 5.54. The second-order valence-corrected chi connectivity index (χ2v) is 3.97. The number of likely N-dealkylation sites (N-methyl/N-ethyl adjacent to an activating group) is 1. The smallest absolute Gasteiger partial charge is 0.110 e. The molecule has 0 atom stereocenters. The molecule has 0 radical (unpaired) electrons. The van der Waals surface area contributed by atoms with Gasteiger partial charge < -0.3 is 14.9 Å². The number of hydrogen-bond donors (Lipinski definition) is 2. The Labute approximate surface area is 95.7 Å². The fraction of sp³-hybridized carbons (Fsp3) is 0.417. The molecule has 0 spiro atoms. The largest absolute Gasteiger partial charge is 0.367 e. The van der Waals surface area contributed by atoms with E-state index in [1.165, 1.54) is 5.69 Å². The predicted octanol–water partition coefficient (Wildman–Crippen LogP) is 1.49. The summed E-state index contributed by atoms with van der Waals surface area (Å²) in [5.74, 6) is 1.13. The van der Waals surface area contributed by atoms with E-state index >= 15 is 0 Å². The van der Waals surface area contributed by atoms with Gasteiger partial charge in [0.2, 0.25) is 0 Å². The molecule has 0 unspecified atom stereocenters. The number of nitrogens with one attached hydrogen (secondary N) is 2. The number of rotatable bonds is 4. The molecule has 0 saturated heterocycles. The van der Waals surface area contributed by atoms with Gasteiger partial charge in [-0.1, -0.05) is 0 Å². The molecule has 4 heteroatoms. The first-order valence-corrected chi connectivity index (χ1v) is 5.54. The highest BCUT2D eigenvalue weighted by molar-refractivity contribution is 5.61. The fourth-order valence-electron chi connectivity index (χ4n) is 1.84. The maximum Gasteiger partial charge on any atom is 0.110 e. The second-order valence-electron chi connectivity index (χ2n) is 3.97. The van der Waals surface area contributed by atoms with Crippen molar-refractivity contribution in [2.75, 3.05) is 13.6 Å². The summed E-state index contributed by atoms with van der Waals surface area (Å²) in [7, 11) is 4.03. The Hall–Kier alpha value is -1.55. The van der Waals surface area contributed by atoms with Crippen LogP contribution >= 0.6 is 0 Å². The van der Waals surface area contributed by atoms with Crippen molar-refractivity contribution in [2.45, 2.75) is 13.3 Å². The average molecular weight is 218 g/mol. The zero-order valence-corrected chi connectivity index (χ0v) is 10.0. The summed E-state index contributed by atoms with van der Waals surface area (Å²) in [6.45, 7) is 3.06. The molecular formula is C12H18N4. The van der Waals surface area contributed by atoms with E-state index in [2.05, 4.69) is 34.9 Å². The van der Waals surface area contributed by atoms with Gasteiger partial charge in [0, 0.05) is 43.7 Å². The molecular weight excluding hydrogens is 200 g/mol. The topological polar surface area (TPSA) is 45.6 Å². The summed E-state index contributed by atoms with van der Waals surface area (Å²) in [6.07, 6.45) is 4.87. The van der Waals surface area contributed by atoms with Crippen molar-refractivity contribution < 1.29 is 0 Å². The lowest BCUT2D eigenvalue weighted by Crippen LogP contribution is -2.13. The van der Waals surface area contributed by atoms with E-state index in [9.17, 15) is 0 Å². The molecule has 0 saturated carbocycles. The van der Waals surface area contributed by atoms with E-state index in [0.717, 1.165) is 30.0 Å². The summed E-state index contributed by atoms with van der Waals surface area (Å²) >= 11 is 0. The lowest BCUT2D eigenvalue weighted by Gasteiger charge is -2.01. The van der Waals surface area contributed by atoms with Gasteiger partial charge in [0.1, 0.15) is 5.82 Å². The van der Waals surface area contributed by atoms with Gasteiger partial charge in [-0.15, -0.1) is 0 Å². The van der Waals surface area contributed by atoms with Crippen LogP contribution < -0.4 is 5.32 Å². The number of hydrogen-bond acceptors (Lipinski definition) is 2. The van der Waals surface area contributed by atoms with E-state index in [1.54, 1.807) is 0 Å². The van der Waals surface area contributed by atoms with E-state index < -0.39 is 0 Å². The first-order chi connectivity index (χ1) is 7.74. The van der Waals surface area contributed by atoms with Gasteiger partial charge in [-0.05, 0) is 20.0 Å². The van der Waals surface area contributed by atoms with Crippen molar-refractivity contribution in [1.82, 2.24) is 19.9 Å². The fourth-order valence-corrected chi connectivity index (χ4v) is 1.84. The molecule has 16 heavy (non-hydrogen) atoms. The van der Waals surface area contributed by atoms with Gasteiger partial charge in [-0.3, -0.25) is 0 Å². The van der Waals surface area contributed by atoms with E-state index in [4.69, 9.17) is 4.98 Å². The van der Waals surface area contributed by atoms with Crippen molar-refractivity contribution >= 4 is 0 Å². The third kappa shape index (κ3) is 1.88. The van der Waals surface area contributed by atoms with Gasteiger partial charge in [-0.25, -0.2) is 4.98 Å².